The van der Waals surface area contributed by atoms with Crippen molar-refractivity contribution < 1.29 is 45.5 Å². The lowest BCUT2D eigenvalue weighted by Gasteiger charge is -2.45. The van der Waals surface area contributed by atoms with Crippen LogP contribution in [0, 0.1) is 23.7 Å². The first-order chi connectivity index (χ1) is 28.4. The molecule has 0 bridgehead atoms. The van der Waals surface area contributed by atoms with Gasteiger partial charge in [-0.25, -0.2) is 4.79 Å². The van der Waals surface area contributed by atoms with Gasteiger partial charge in [0.15, 0.2) is 0 Å². The van der Waals surface area contributed by atoms with E-state index in [-0.39, 0.29) is 40.7 Å². The molecule has 2 aliphatic carbocycles. The molecule has 2 saturated carbocycles. The number of piperidine rings is 2. The van der Waals surface area contributed by atoms with Gasteiger partial charge in [-0.15, -0.1) is 0 Å². The van der Waals surface area contributed by atoms with Crippen molar-refractivity contribution in [2.24, 2.45) is 23.7 Å². The maximum Gasteiger partial charge on any atom is 0.534 e. The van der Waals surface area contributed by atoms with Crippen molar-refractivity contribution in [3.63, 3.8) is 0 Å². The van der Waals surface area contributed by atoms with E-state index in [1.165, 1.54) is 82.2 Å². The van der Waals surface area contributed by atoms with Gasteiger partial charge in [-0.1, -0.05) is 90.5 Å². The number of methoxy groups -OCH3 is 1. The van der Waals surface area contributed by atoms with E-state index in [9.17, 15) is 36.6 Å². The van der Waals surface area contributed by atoms with Crippen LogP contribution < -0.4 is 4.18 Å². The first-order valence-electron chi connectivity index (χ1n) is 22.5. The van der Waals surface area contributed by atoms with Crippen LogP contribution >= 0.6 is 0 Å². The predicted octanol–water partition coefficient (Wildman–Crippen LogP) is 9.25. The Morgan fingerprint density at radius 1 is 0.767 bits per heavy atom. The highest BCUT2D eigenvalue weighted by atomic mass is 32.2. The average Bonchev–Trinajstić information content (AvgIpc) is 3.24. The first kappa shape index (κ1) is 48.3. The fourth-order valence-corrected chi connectivity index (χ4v) is 10.7. The number of aliphatic hydroxyl groups excluding tert-OH is 2. The van der Waals surface area contributed by atoms with Crippen molar-refractivity contribution in [3.8, 4) is 5.75 Å². The minimum atomic E-state index is -5.70. The summed E-state index contributed by atoms with van der Waals surface area (Å²) in [5, 5.41) is 21.1. The van der Waals surface area contributed by atoms with Gasteiger partial charge in [-0.2, -0.15) is 21.6 Å². The number of alkyl halides is 3. The highest BCUT2D eigenvalue weighted by Gasteiger charge is 2.49. The van der Waals surface area contributed by atoms with Gasteiger partial charge in [-0.3, -0.25) is 0 Å². The van der Waals surface area contributed by atoms with E-state index in [2.05, 4.69) is 47.7 Å². The summed E-state index contributed by atoms with van der Waals surface area (Å²) in [5.74, 6) is 1.01. The molecule has 338 valence electrons. The molecule has 0 amide bonds. The van der Waals surface area contributed by atoms with E-state index in [1.54, 1.807) is 0 Å². The van der Waals surface area contributed by atoms with Gasteiger partial charge in [0.05, 0.1) is 24.9 Å². The molecule has 6 rings (SSSR count). The number of halogens is 3. The third kappa shape index (κ3) is 12.3. The van der Waals surface area contributed by atoms with Crippen molar-refractivity contribution in [1.29, 1.82) is 0 Å². The van der Waals surface area contributed by atoms with Gasteiger partial charge in [0, 0.05) is 26.2 Å². The second-order valence-corrected chi connectivity index (χ2v) is 20.4. The van der Waals surface area contributed by atoms with E-state index >= 15 is 0 Å². The Balaban J connectivity index is 0.000000230. The maximum atomic E-state index is 12.7. The van der Waals surface area contributed by atoms with Crippen LogP contribution in [0.3, 0.4) is 0 Å². The van der Waals surface area contributed by atoms with Crippen LogP contribution in [0.15, 0.2) is 48.5 Å². The fourth-order valence-electron chi connectivity index (χ4n) is 10.2. The molecule has 2 saturated heterocycles. The highest BCUT2D eigenvalue weighted by Crippen LogP contribution is 2.42. The molecule has 0 radical (unpaired) electrons. The highest BCUT2D eigenvalue weighted by molar-refractivity contribution is 7.88. The molecular weight excluding hydrogens is 794 g/mol. The first-order valence-corrected chi connectivity index (χ1v) is 23.9. The number of aliphatic hydroxyl groups is 2. The molecule has 4 fully saturated rings. The van der Waals surface area contributed by atoms with Crippen LogP contribution in [0.2, 0.25) is 0 Å². The number of ether oxygens (including phenoxy) is 1. The fraction of sp³-hybridized carbons (Fsp3) is 0.723. The number of hydrogen-bond acceptors (Lipinski definition) is 9. The largest absolute Gasteiger partial charge is 0.534 e. The summed E-state index contributed by atoms with van der Waals surface area (Å²) in [6.07, 6.45) is 15.3. The van der Waals surface area contributed by atoms with Crippen LogP contribution in [0.25, 0.3) is 0 Å². The van der Waals surface area contributed by atoms with E-state index in [0.717, 1.165) is 83.4 Å². The summed E-state index contributed by atoms with van der Waals surface area (Å²) < 4.78 is 69.9. The molecule has 9 nitrogen and oxygen atoms in total. The number of esters is 1. The van der Waals surface area contributed by atoms with Crippen LogP contribution in [0.1, 0.15) is 139 Å². The van der Waals surface area contributed by atoms with Crippen LogP contribution in [0.5, 0.6) is 5.75 Å². The number of carbonyl (C=O) groups excluding carboxylic acids is 1. The molecule has 6 atom stereocenters. The van der Waals surface area contributed by atoms with Gasteiger partial charge in [-0.05, 0) is 134 Å². The SMILES string of the molecule is COC(=O)c1cccc([C@]2(C)CCN(CC[C@@H](O)C3CCCCC3)C[C@@H]2C)c1.C[C@H]1CN(CC[C@@H](O)C2CCCCC2)CC[C@@]1(C)c1cccc(OS(=O)(=O)C(F)(F)F)c1. The molecule has 2 aromatic rings. The van der Waals surface area contributed by atoms with E-state index in [4.69, 9.17) is 4.74 Å². The summed E-state index contributed by atoms with van der Waals surface area (Å²) >= 11 is 0. The van der Waals surface area contributed by atoms with Crippen LogP contribution in [-0.2, 0) is 25.7 Å². The van der Waals surface area contributed by atoms with Gasteiger partial charge >= 0.3 is 21.6 Å². The van der Waals surface area contributed by atoms with Gasteiger partial charge in [0.2, 0.25) is 0 Å². The summed E-state index contributed by atoms with van der Waals surface area (Å²) in [6, 6.07) is 13.9. The molecule has 0 aromatic heterocycles. The average molecular weight is 865 g/mol. The Morgan fingerprint density at radius 2 is 1.22 bits per heavy atom. The second-order valence-electron chi connectivity index (χ2n) is 18.8. The Kier molecular flexibility index (Phi) is 17.0. The molecule has 0 unspecified atom stereocenters. The van der Waals surface area contributed by atoms with Crippen molar-refractivity contribution in [2.45, 2.75) is 146 Å². The molecular formula is C47H71F3N2O7S. The minimum absolute atomic E-state index is 0.0581. The molecule has 2 N–H and O–H groups in total. The lowest BCUT2D eigenvalue weighted by atomic mass is 9.68. The lowest BCUT2D eigenvalue weighted by Crippen LogP contribution is -2.48. The Bertz CT molecular complexity index is 1780. The summed E-state index contributed by atoms with van der Waals surface area (Å²) in [5.41, 5.74) is -3.10. The predicted molar refractivity (Wildman–Crippen MR) is 229 cm³/mol. The van der Waals surface area contributed by atoms with E-state index in [1.807, 2.05) is 24.3 Å². The smallest absolute Gasteiger partial charge is 0.465 e. The molecule has 4 aliphatic rings. The quantitative estimate of drug-likeness (QED) is 0.116. The van der Waals surface area contributed by atoms with E-state index < -0.39 is 15.6 Å². The summed E-state index contributed by atoms with van der Waals surface area (Å²) in [7, 11) is -4.27. The second kappa shape index (κ2) is 21.1. The molecule has 2 heterocycles. The monoisotopic (exact) mass is 864 g/mol. The molecule has 13 heteroatoms. The number of benzene rings is 2. The Hall–Kier alpha value is -2.71. The van der Waals surface area contributed by atoms with Crippen molar-refractivity contribution >= 4 is 16.1 Å². The van der Waals surface area contributed by atoms with E-state index in [0.29, 0.717) is 23.3 Å². The lowest BCUT2D eigenvalue weighted by molar-refractivity contribution is -0.0500. The molecule has 60 heavy (non-hydrogen) atoms. The zero-order valence-electron chi connectivity index (χ0n) is 36.6. The van der Waals surface area contributed by atoms with Crippen LogP contribution in [0.4, 0.5) is 13.2 Å². The van der Waals surface area contributed by atoms with Gasteiger partial charge < -0.3 is 28.9 Å². The number of carbonyl (C=O) groups is 1. The molecule has 2 aliphatic heterocycles. The molecule has 2 aromatic carbocycles. The zero-order valence-corrected chi connectivity index (χ0v) is 37.4. The van der Waals surface area contributed by atoms with Crippen molar-refractivity contribution in [3.05, 3.63) is 65.2 Å². The Labute approximate surface area is 357 Å². The standard InChI is InChI=1S/C24H37NO3.C23H34F3NO4S/c1-18-17-25(14-12-22(26)19-8-5-4-6-9-19)15-13-24(18,2)21-11-7-10-20(16-21)23(27)28-3;1-17-16-27(13-11-21(28)18-7-4-3-5-8-18)14-12-22(17,2)19-9-6-10-20(15-19)31-32(29,30)23(24,25)26/h7,10-11,16,18-19,22,26H,4-6,8-9,12-15,17H2,1-3H3;6,9-10,15,17-18,21,28H,3-5,7-8,11-14,16H2,1-2H3/t18-,22+,24+;17-,21+,22+/m00/s1. The Morgan fingerprint density at radius 3 is 1.65 bits per heavy atom. The zero-order chi connectivity index (χ0) is 43.7. The number of nitrogens with zero attached hydrogens (tertiary/aromatic N) is 2. The number of likely N-dealkylation sites (tertiary alicyclic amines) is 2. The third-order valence-corrected chi connectivity index (χ3v) is 15.9. The normalized spacial score (nSPS) is 27.6. The number of rotatable bonds is 13. The maximum absolute atomic E-state index is 12.7. The molecule has 0 spiro atoms. The van der Waals surface area contributed by atoms with Crippen molar-refractivity contribution in [2.75, 3.05) is 46.4 Å². The topological polar surface area (TPSA) is 117 Å². The summed E-state index contributed by atoms with van der Waals surface area (Å²) in [6.45, 7) is 14.3. The number of hydrogen-bond donors (Lipinski definition) is 2. The van der Waals surface area contributed by atoms with Crippen molar-refractivity contribution in [1.82, 2.24) is 9.80 Å². The van der Waals surface area contributed by atoms with Gasteiger partial charge in [0.25, 0.3) is 0 Å². The third-order valence-electron chi connectivity index (χ3n) is 14.9. The van der Waals surface area contributed by atoms with Crippen LogP contribution in [-0.4, -0.2) is 98.5 Å². The summed E-state index contributed by atoms with van der Waals surface area (Å²) in [4.78, 5) is 16.8. The van der Waals surface area contributed by atoms with Gasteiger partial charge in [0.1, 0.15) is 5.75 Å². The minimum Gasteiger partial charge on any atom is -0.465 e.